The Labute approximate surface area is 207 Å². The second kappa shape index (κ2) is 15.1. The van der Waals surface area contributed by atoms with Gasteiger partial charge in [0.15, 0.2) is 6.29 Å². The Bertz CT molecular complexity index is 1080. The number of hydrogen-bond donors (Lipinski definition) is 4. The molecule has 0 fully saturated rings. The van der Waals surface area contributed by atoms with Crippen molar-refractivity contribution in [1.29, 1.82) is 0 Å². The molecule has 0 saturated carbocycles. The summed E-state index contributed by atoms with van der Waals surface area (Å²) in [6.45, 7) is 2.96. The lowest BCUT2D eigenvalue weighted by molar-refractivity contribution is 0.0704. The van der Waals surface area contributed by atoms with E-state index < -0.39 is 15.9 Å². The van der Waals surface area contributed by atoms with Gasteiger partial charge in [0.25, 0.3) is 5.91 Å². The molecular weight excluding hydrogens is 466 g/mol. The average molecular weight is 502 g/mol. The summed E-state index contributed by atoms with van der Waals surface area (Å²) in [5.41, 5.74) is 3.58. The number of anilines is 1. The smallest absolute Gasteiger partial charge is 0.275 e. The molecule has 2 aromatic rings. The molecule has 0 unspecified atom stereocenters. The molecule has 2 rings (SSSR count). The molecule has 0 aliphatic heterocycles. The maximum absolute atomic E-state index is 12.2. The van der Waals surface area contributed by atoms with Crippen LogP contribution in [0, 0.1) is 6.92 Å². The Morgan fingerprint density at radius 1 is 0.943 bits per heavy atom. The summed E-state index contributed by atoms with van der Waals surface area (Å²) in [4.78, 5) is 22.9. The van der Waals surface area contributed by atoms with E-state index in [2.05, 4.69) is 16.1 Å². The van der Waals surface area contributed by atoms with E-state index in [-0.39, 0.29) is 11.1 Å². The fourth-order valence-electron chi connectivity index (χ4n) is 3.51. The highest BCUT2D eigenvalue weighted by molar-refractivity contribution is 7.89. The first kappa shape index (κ1) is 28.2. The summed E-state index contributed by atoms with van der Waals surface area (Å²) in [5, 5.41) is 11.9. The number of carbonyl (C=O) groups is 2. The van der Waals surface area contributed by atoms with E-state index in [4.69, 9.17) is 5.21 Å². The van der Waals surface area contributed by atoms with Gasteiger partial charge in [-0.1, -0.05) is 55.5 Å². The summed E-state index contributed by atoms with van der Waals surface area (Å²) in [6.07, 6.45) is 11.9. The lowest BCUT2D eigenvalue weighted by Gasteiger charge is -2.08. The van der Waals surface area contributed by atoms with Gasteiger partial charge in [0.2, 0.25) is 10.0 Å². The van der Waals surface area contributed by atoms with E-state index in [1.165, 1.54) is 12.1 Å². The van der Waals surface area contributed by atoms with Gasteiger partial charge < -0.3 is 5.32 Å². The Morgan fingerprint density at radius 2 is 1.63 bits per heavy atom. The maximum Gasteiger partial charge on any atom is 0.275 e. The highest BCUT2D eigenvalue weighted by Gasteiger charge is 2.12. The number of unbranched alkanes of at least 4 members (excludes halogenated alkanes) is 6. The number of amides is 1. The van der Waals surface area contributed by atoms with E-state index in [1.54, 1.807) is 35.8 Å². The van der Waals surface area contributed by atoms with E-state index in [0.717, 1.165) is 50.5 Å². The van der Waals surface area contributed by atoms with Gasteiger partial charge in [-0.3, -0.25) is 14.8 Å². The van der Waals surface area contributed by atoms with Crippen molar-refractivity contribution in [2.45, 2.75) is 56.8 Å². The lowest BCUT2D eigenvalue weighted by atomic mass is 10.1. The fraction of sp³-hybridized carbons (Fsp3) is 0.385. The number of sulfonamides is 1. The third-order valence-corrected chi connectivity index (χ3v) is 7.02. The van der Waals surface area contributed by atoms with Crippen LogP contribution in [-0.2, 0) is 10.0 Å². The average Bonchev–Trinajstić information content (AvgIpc) is 2.86. The second-order valence-corrected chi connectivity index (χ2v) is 10.1. The Morgan fingerprint density at radius 3 is 2.31 bits per heavy atom. The van der Waals surface area contributed by atoms with Gasteiger partial charge >= 0.3 is 0 Å². The minimum atomic E-state index is -3.42. The topological polar surface area (TPSA) is 125 Å². The molecule has 190 valence electrons. The van der Waals surface area contributed by atoms with Crippen LogP contribution in [0.5, 0.6) is 0 Å². The van der Waals surface area contributed by atoms with Gasteiger partial charge in [-0.25, -0.2) is 18.6 Å². The Hall–Kier alpha value is -3.01. The third kappa shape index (κ3) is 10.0. The number of hydrogen-bond acceptors (Lipinski definition) is 6. The lowest BCUT2D eigenvalue weighted by Crippen LogP contribution is -2.24. The number of hydroxylamine groups is 1. The number of allylic oxidation sites excluding steroid dienone is 1. The predicted molar refractivity (Wildman–Crippen MR) is 137 cm³/mol. The normalized spacial score (nSPS) is 11.5. The van der Waals surface area contributed by atoms with Crippen LogP contribution in [0.1, 0.15) is 71.2 Å². The van der Waals surface area contributed by atoms with Crippen LogP contribution < -0.4 is 15.5 Å². The zero-order valence-corrected chi connectivity index (χ0v) is 20.9. The molecule has 8 nitrogen and oxygen atoms in total. The molecular formula is C26H35N3O5S. The number of nitrogens with one attached hydrogen (secondary N) is 3. The van der Waals surface area contributed by atoms with Crippen molar-refractivity contribution >= 4 is 27.9 Å². The number of aryl methyl sites for hydroxylation is 1. The van der Waals surface area contributed by atoms with Gasteiger partial charge in [0.05, 0.1) is 10.5 Å². The second-order valence-electron chi connectivity index (χ2n) is 8.33. The number of benzene rings is 2. The summed E-state index contributed by atoms with van der Waals surface area (Å²) in [5.74, 6) is -0.727. The van der Waals surface area contributed by atoms with Crippen LogP contribution in [0.3, 0.4) is 0 Å². The minimum Gasteiger partial charge on any atom is -0.382 e. The van der Waals surface area contributed by atoms with E-state index >= 15 is 0 Å². The van der Waals surface area contributed by atoms with Crippen molar-refractivity contribution in [3.63, 3.8) is 0 Å². The van der Waals surface area contributed by atoms with Crippen LogP contribution in [0.15, 0.2) is 59.5 Å². The highest BCUT2D eigenvalue weighted by atomic mass is 32.2. The van der Waals surface area contributed by atoms with Gasteiger partial charge in [0.1, 0.15) is 0 Å². The molecule has 4 N–H and O–H groups in total. The first-order chi connectivity index (χ1) is 16.9. The van der Waals surface area contributed by atoms with E-state index in [0.29, 0.717) is 30.0 Å². The molecule has 0 saturated heterocycles. The fourth-order valence-corrected chi connectivity index (χ4v) is 4.58. The van der Waals surface area contributed by atoms with Crippen molar-refractivity contribution in [1.82, 2.24) is 10.2 Å². The predicted octanol–water partition coefficient (Wildman–Crippen LogP) is 4.60. The Balaban J connectivity index is 1.52. The van der Waals surface area contributed by atoms with E-state index in [9.17, 15) is 18.0 Å². The number of aldehydes is 1. The maximum atomic E-state index is 12.2. The molecule has 0 aliphatic rings. The minimum absolute atomic E-state index is 0.111. The number of rotatable bonds is 16. The molecule has 9 heteroatoms. The van der Waals surface area contributed by atoms with Crippen LogP contribution >= 0.6 is 0 Å². The number of carbonyl (C=O) groups excluding carboxylic acids is 2. The zero-order valence-electron chi connectivity index (χ0n) is 20.1. The van der Waals surface area contributed by atoms with Crippen LogP contribution in [0.2, 0.25) is 0 Å². The molecule has 1 amide bonds. The largest absolute Gasteiger partial charge is 0.382 e. The summed E-state index contributed by atoms with van der Waals surface area (Å²) >= 11 is 0. The van der Waals surface area contributed by atoms with Crippen molar-refractivity contribution in [3.05, 3.63) is 71.3 Å². The van der Waals surface area contributed by atoms with Crippen molar-refractivity contribution in [2.75, 3.05) is 18.4 Å². The van der Waals surface area contributed by atoms with Crippen molar-refractivity contribution < 1.29 is 23.2 Å². The monoisotopic (exact) mass is 501 g/mol. The molecule has 0 spiro atoms. The van der Waals surface area contributed by atoms with Crippen molar-refractivity contribution in [3.8, 4) is 0 Å². The molecule has 0 bridgehead atoms. The quantitative estimate of drug-likeness (QED) is 0.0876. The molecule has 0 aliphatic carbocycles. The van der Waals surface area contributed by atoms with Crippen LogP contribution in [0.25, 0.3) is 0 Å². The standard InChI is InChI=1S/C26H35N3O5S/c1-21-11-15-24(16-12-21)35(33,34)28-18-10-8-6-4-2-3-5-7-9-17-27-23-14-13-22(20-30)25(19-23)26(31)29-32/h7,9,11-16,19-20,27-28,32H,2-6,8,10,17-18H2,1H3,(H,29,31). The van der Waals surface area contributed by atoms with Gasteiger partial charge in [0, 0.05) is 24.3 Å². The van der Waals surface area contributed by atoms with Gasteiger partial charge in [-0.2, -0.15) is 0 Å². The third-order valence-electron chi connectivity index (χ3n) is 5.54. The first-order valence-electron chi connectivity index (χ1n) is 11.9. The molecule has 0 radical (unpaired) electrons. The van der Waals surface area contributed by atoms with Gasteiger partial charge in [-0.15, -0.1) is 0 Å². The van der Waals surface area contributed by atoms with Crippen LogP contribution in [0.4, 0.5) is 5.69 Å². The molecule has 0 aromatic heterocycles. The summed E-state index contributed by atoms with van der Waals surface area (Å²) in [7, 11) is -3.42. The zero-order chi connectivity index (χ0) is 25.5. The molecule has 35 heavy (non-hydrogen) atoms. The highest BCUT2D eigenvalue weighted by Crippen LogP contribution is 2.15. The SMILES string of the molecule is Cc1ccc(S(=O)(=O)NCCCCCCCCC=CCNc2ccc(C=O)c(C(=O)NO)c2)cc1. The van der Waals surface area contributed by atoms with E-state index in [1.807, 2.05) is 13.0 Å². The summed E-state index contributed by atoms with van der Waals surface area (Å²) in [6, 6.07) is 11.6. The van der Waals surface area contributed by atoms with Gasteiger partial charge in [-0.05, 0) is 56.5 Å². The molecule has 0 atom stereocenters. The van der Waals surface area contributed by atoms with Crippen molar-refractivity contribution in [2.24, 2.45) is 0 Å². The van der Waals surface area contributed by atoms with Crippen LogP contribution in [-0.4, -0.2) is 38.9 Å². The summed E-state index contributed by atoms with van der Waals surface area (Å²) < 4.78 is 27.1. The molecule has 0 heterocycles. The molecule has 2 aromatic carbocycles. The Kier molecular flexibility index (Phi) is 12.2. The first-order valence-corrected chi connectivity index (χ1v) is 13.3.